The molecule has 1 amide bonds. The highest BCUT2D eigenvalue weighted by Gasteiger charge is 2.13. The van der Waals surface area contributed by atoms with Gasteiger partial charge in [-0.25, -0.2) is 4.79 Å². The van der Waals surface area contributed by atoms with Crippen molar-refractivity contribution in [2.24, 2.45) is 0 Å². The zero-order chi connectivity index (χ0) is 20.2. The monoisotopic (exact) mass is 385 g/mol. The first-order valence-electron chi connectivity index (χ1n) is 11.2. The molecule has 1 unspecified atom stereocenters. The van der Waals surface area contributed by atoms with E-state index < -0.39 is 6.09 Å². The molecule has 5 heteroatoms. The Morgan fingerprint density at radius 3 is 1.74 bits per heavy atom. The molecule has 0 aliphatic rings. The first-order chi connectivity index (χ1) is 13.1. The lowest BCUT2D eigenvalue weighted by Gasteiger charge is -2.13. The Balaban J connectivity index is 3.37. The number of alkyl carbamates (subject to hydrolysis) is 1. The molecule has 0 radical (unpaired) electrons. The van der Waals surface area contributed by atoms with Gasteiger partial charge >= 0.3 is 12.1 Å². The van der Waals surface area contributed by atoms with E-state index in [2.05, 4.69) is 12.2 Å². The second kappa shape index (κ2) is 19.5. The van der Waals surface area contributed by atoms with Crippen molar-refractivity contribution in [3.63, 3.8) is 0 Å². The predicted molar refractivity (Wildman–Crippen MR) is 111 cm³/mol. The minimum absolute atomic E-state index is 0.180. The number of rotatable bonds is 18. The highest BCUT2D eigenvalue weighted by molar-refractivity contribution is 5.72. The second-order valence-electron chi connectivity index (χ2n) is 7.49. The van der Waals surface area contributed by atoms with Gasteiger partial charge in [0.2, 0.25) is 0 Å². The van der Waals surface area contributed by atoms with Crippen LogP contribution in [0.5, 0.6) is 0 Å². The summed E-state index contributed by atoms with van der Waals surface area (Å²) in [6, 6.07) is -0.274. The Bertz CT molecular complexity index is 360. The Morgan fingerprint density at radius 2 is 1.22 bits per heavy atom. The summed E-state index contributed by atoms with van der Waals surface area (Å²) in [7, 11) is 0. The lowest BCUT2D eigenvalue weighted by molar-refractivity contribution is -0.144. The molecule has 0 heterocycles. The summed E-state index contributed by atoms with van der Waals surface area (Å²) in [5.41, 5.74) is 0. The highest BCUT2D eigenvalue weighted by Crippen LogP contribution is 2.12. The van der Waals surface area contributed by atoms with Crippen molar-refractivity contribution in [3.8, 4) is 0 Å². The first-order valence-corrected chi connectivity index (χ1v) is 11.2. The normalized spacial score (nSPS) is 11.8. The van der Waals surface area contributed by atoms with E-state index >= 15 is 0 Å². The molecule has 0 aliphatic carbocycles. The summed E-state index contributed by atoms with van der Waals surface area (Å²) in [6.07, 6.45) is 15.9. The van der Waals surface area contributed by atoms with Crippen molar-refractivity contribution in [2.75, 3.05) is 13.2 Å². The molecule has 0 fully saturated rings. The molecule has 0 saturated carbocycles. The summed E-state index contributed by atoms with van der Waals surface area (Å²) < 4.78 is 10.2. The first kappa shape index (κ1) is 25.7. The van der Waals surface area contributed by atoms with E-state index in [4.69, 9.17) is 9.47 Å². The van der Waals surface area contributed by atoms with Crippen molar-refractivity contribution in [1.82, 2.24) is 5.32 Å². The quantitative estimate of drug-likeness (QED) is 0.227. The van der Waals surface area contributed by atoms with Gasteiger partial charge in [-0.05, 0) is 19.8 Å². The van der Waals surface area contributed by atoms with E-state index in [1.54, 1.807) is 6.92 Å². The van der Waals surface area contributed by atoms with Crippen LogP contribution in [0.1, 0.15) is 111 Å². The summed E-state index contributed by atoms with van der Waals surface area (Å²) in [5, 5.41) is 2.63. The van der Waals surface area contributed by atoms with Crippen molar-refractivity contribution in [1.29, 1.82) is 0 Å². The maximum Gasteiger partial charge on any atom is 0.407 e. The number of hydrogen-bond acceptors (Lipinski definition) is 4. The zero-order valence-electron chi connectivity index (χ0n) is 18.0. The van der Waals surface area contributed by atoms with Crippen molar-refractivity contribution in [3.05, 3.63) is 0 Å². The number of unbranched alkanes of at least 4 members (excludes halogenated alkanes) is 11. The van der Waals surface area contributed by atoms with Gasteiger partial charge < -0.3 is 14.8 Å². The number of carbonyl (C=O) groups is 2. The largest absolute Gasteiger partial charge is 0.466 e. The van der Waals surface area contributed by atoms with Gasteiger partial charge in [-0.1, -0.05) is 84.5 Å². The van der Waals surface area contributed by atoms with Gasteiger partial charge in [0.05, 0.1) is 19.6 Å². The van der Waals surface area contributed by atoms with Crippen LogP contribution in [0.15, 0.2) is 0 Å². The maximum absolute atomic E-state index is 11.7. The van der Waals surface area contributed by atoms with Gasteiger partial charge in [-0.2, -0.15) is 0 Å². The van der Waals surface area contributed by atoms with Crippen LogP contribution >= 0.6 is 0 Å². The van der Waals surface area contributed by atoms with Crippen LogP contribution in [0.3, 0.4) is 0 Å². The predicted octanol–water partition coefficient (Wildman–Crippen LogP) is 6.15. The number of carbonyl (C=O) groups excluding carboxylic acids is 2. The van der Waals surface area contributed by atoms with Crippen LogP contribution in [-0.4, -0.2) is 31.3 Å². The van der Waals surface area contributed by atoms with E-state index in [-0.39, 0.29) is 18.4 Å². The fourth-order valence-corrected chi connectivity index (χ4v) is 2.93. The molecule has 0 aromatic heterocycles. The third-order valence-corrected chi connectivity index (χ3v) is 4.54. The van der Waals surface area contributed by atoms with E-state index in [1.807, 2.05) is 6.92 Å². The maximum atomic E-state index is 11.7. The summed E-state index contributed by atoms with van der Waals surface area (Å²) in [5.74, 6) is -0.263. The van der Waals surface area contributed by atoms with Gasteiger partial charge in [0, 0.05) is 6.04 Å². The third kappa shape index (κ3) is 19.3. The summed E-state index contributed by atoms with van der Waals surface area (Å²) in [6.45, 7) is 6.83. The number of hydrogen-bond donors (Lipinski definition) is 1. The van der Waals surface area contributed by atoms with Gasteiger partial charge in [-0.3, -0.25) is 4.79 Å². The molecule has 0 bridgehead atoms. The molecule has 5 nitrogen and oxygen atoms in total. The topological polar surface area (TPSA) is 64.6 Å². The second-order valence-corrected chi connectivity index (χ2v) is 7.49. The minimum Gasteiger partial charge on any atom is -0.466 e. The fraction of sp³-hybridized carbons (Fsp3) is 0.909. The Hall–Kier alpha value is -1.26. The third-order valence-electron chi connectivity index (χ3n) is 4.54. The molecule has 27 heavy (non-hydrogen) atoms. The van der Waals surface area contributed by atoms with Crippen molar-refractivity contribution >= 4 is 12.1 Å². The fourth-order valence-electron chi connectivity index (χ4n) is 2.93. The van der Waals surface area contributed by atoms with Crippen LogP contribution in [0.4, 0.5) is 4.79 Å². The minimum atomic E-state index is -0.474. The Kier molecular flexibility index (Phi) is 18.6. The number of amides is 1. The molecule has 1 atom stereocenters. The smallest absolute Gasteiger partial charge is 0.407 e. The van der Waals surface area contributed by atoms with Gasteiger partial charge in [0.15, 0.2) is 0 Å². The zero-order valence-corrected chi connectivity index (χ0v) is 18.0. The van der Waals surface area contributed by atoms with Crippen LogP contribution in [-0.2, 0) is 14.3 Å². The Morgan fingerprint density at radius 1 is 0.704 bits per heavy atom. The molecule has 0 aromatic rings. The van der Waals surface area contributed by atoms with Crippen molar-refractivity contribution in [2.45, 2.75) is 117 Å². The van der Waals surface area contributed by atoms with Crippen LogP contribution in [0.2, 0.25) is 0 Å². The lowest BCUT2D eigenvalue weighted by atomic mass is 10.1. The number of nitrogens with one attached hydrogen (secondary N) is 1. The Labute approximate surface area is 167 Å². The average Bonchev–Trinajstić information content (AvgIpc) is 2.63. The molecule has 0 aliphatic heterocycles. The van der Waals surface area contributed by atoms with Gasteiger partial charge in [0.1, 0.15) is 0 Å². The number of esters is 1. The molecule has 1 N–H and O–H groups in total. The SMILES string of the molecule is CCCCCCCCCCCCCCOC(=O)CC(C)NC(=O)OCCC. The van der Waals surface area contributed by atoms with Crippen molar-refractivity contribution < 1.29 is 19.1 Å². The molecule has 0 rings (SSSR count). The van der Waals surface area contributed by atoms with Crippen LogP contribution in [0, 0.1) is 0 Å². The highest BCUT2D eigenvalue weighted by atomic mass is 16.5. The van der Waals surface area contributed by atoms with E-state index in [0.717, 1.165) is 19.3 Å². The van der Waals surface area contributed by atoms with Gasteiger partial charge in [0.25, 0.3) is 0 Å². The molecular formula is C22H43NO4. The van der Waals surface area contributed by atoms with E-state index in [9.17, 15) is 9.59 Å². The van der Waals surface area contributed by atoms with E-state index in [1.165, 1.54) is 64.2 Å². The summed E-state index contributed by atoms with van der Waals surface area (Å²) >= 11 is 0. The molecular weight excluding hydrogens is 342 g/mol. The van der Waals surface area contributed by atoms with Crippen LogP contribution < -0.4 is 5.32 Å². The molecule has 0 saturated heterocycles. The van der Waals surface area contributed by atoms with Crippen LogP contribution in [0.25, 0.3) is 0 Å². The molecule has 0 spiro atoms. The summed E-state index contributed by atoms with van der Waals surface area (Å²) in [4.78, 5) is 23.1. The lowest BCUT2D eigenvalue weighted by Crippen LogP contribution is -2.35. The van der Waals surface area contributed by atoms with E-state index in [0.29, 0.717) is 13.2 Å². The number of ether oxygens (including phenoxy) is 2. The van der Waals surface area contributed by atoms with Gasteiger partial charge in [-0.15, -0.1) is 0 Å². The molecule has 160 valence electrons. The average molecular weight is 386 g/mol. The standard InChI is InChI=1S/C22H43NO4/c1-4-6-7-8-9-10-11-12-13-14-15-16-18-26-21(24)19-20(3)23-22(25)27-17-5-2/h20H,4-19H2,1-3H3,(H,23,25). The molecule has 0 aromatic carbocycles.